The van der Waals surface area contributed by atoms with Gasteiger partial charge in [0.2, 0.25) is 0 Å². The maximum absolute atomic E-state index is 12.7. The van der Waals surface area contributed by atoms with Gasteiger partial charge in [-0.15, -0.1) is 0 Å². The number of hydrogen-bond acceptors (Lipinski definition) is 7. The van der Waals surface area contributed by atoms with E-state index in [0.29, 0.717) is 24.8 Å². The van der Waals surface area contributed by atoms with Gasteiger partial charge in [0.1, 0.15) is 17.5 Å². The van der Waals surface area contributed by atoms with Crippen LogP contribution in [0, 0.1) is 0 Å². The van der Waals surface area contributed by atoms with Crippen molar-refractivity contribution in [2.45, 2.75) is 19.1 Å². The molecule has 1 aliphatic rings. The van der Waals surface area contributed by atoms with Gasteiger partial charge in [-0.05, 0) is 19.1 Å². The minimum atomic E-state index is -4.43. The van der Waals surface area contributed by atoms with Crippen LogP contribution in [0.25, 0.3) is 0 Å². The molecule has 0 aliphatic carbocycles. The summed E-state index contributed by atoms with van der Waals surface area (Å²) in [6, 6.07) is 5.69. The van der Waals surface area contributed by atoms with Gasteiger partial charge >= 0.3 is 6.18 Å². The number of anilines is 4. The molecule has 0 amide bonds. The molecule has 1 fully saturated rings. The van der Waals surface area contributed by atoms with Crippen LogP contribution in [0.2, 0.25) is 0 Å². The molecule has 3 rings (SSSR count). The van der Waals surface area contributed by atoms with Crippen molar-refractivity contribution in [1.82, 2.24) is 9.97 Å². The molecule has 28 heavy (non-hydrogen) atoms. The third-order valence-corrected chi connectivity index (χ3v) is 4.20. The largest absolute Gasteiger partial charge is 0.417 e. The number of ether oxygens (including phenoxy) is 1. The van der Waals surface area contributed by atoms with Gasteiger partial charge in [-0.3, -0.25) is 0 Å². The predicted molar refractivity (Wildman–Crippen MR) is 100.0 cm³/mol. The Morgan fingerprint density at radius 3 is 2.50 bits per heavy atom. The van der Waals surface area contributed by atoms with Gasteiger partial charge in [0, 0.05) is 43.1 Å². The zero-order chi connectivity index (χ0) is 20.1. The minimum Gasteiger partial charge on any atom is -0.394 e. The number of nitrogens with zero attached hydrogens (tertiary/aromatic N) is 3. The van der Waals surface area contributed by atoms with Crippen LogP contribution >= 0.6 is 0 Å². The molecule has 1 aliphatic heterocycles. The molecule has 0 aromatic carbocycles. The maximum atomic E-state index is 12.7. The van der Waals surface area contributed by atoms with E-state index in [1.165, 1.54) is 6.07 Å². The monoisotopic (exact) mass is 397 g/mol. The van der Waals surface area contributed by atoms with Crippen LogP contribution in [-0.4, -0.2) is 54.0 Å². The lowest BCUT2D eigenvalue weighted by atomic mass is 10.2. The van der Waals surface area contributed by atoms with Crippen molar-refractivity contribution in [3.05, 3.63) is 36.0 Å². The van der Waals surface area contributed by atoms with Crippen molar-refractivity contribution in [2.24, 2.45) is 0 Å². The number of morpholine rings is 1. The number of halogens is 3. The van der Waals surface area contributed by atoms with E-state index in [2.05, 4.69) is 25.5 Å². The summed E-state index contributed by atoms with van der Waals surface area (Å²) >= 11 is 0. The predicted octanol–water partition coefficient (Wildman–Crippen LogP) is 2.87. The third-order valence-electron chi connectivity index (χ3n) is 4.20. The minimum absolute atomic E-state index is 0.0628. The summed E-state index contributed by atoms with van der Waals surface area (Å²) in [6.45, 7) is 4.41. The Balaban J connectivity index is 1.84. The molecule has 3 heterocycles. The van der Waals surface area contributed by atoms with Crippen molar-refractivity contribution >= 4 is 23.1 Å². The Bertz CT molecular complexity index is 780. The lowest BCUT2D eigenvalue weighted by Crippen LogP contribution is -2.36. The number of aliphatic hydroxyl groups excluding tert-OH is 1. The summed E-state index contributed by atoms with van der Waals surface area (Å²) in [5, 5.41) is 15.3. The van der Waals surface area contributed by atoms with Crippen LogP contribution in [0.1, 0.15) is 12.5 Å². The van der Waals surface area contributed by atoms with Gasteiger partial charge in [-0.2, -0.15) is 13.2 Å². The van der Waals surface area contributed by atoms with Crippen LogP contribution in [-0.2, 0) is 10.9 Å². The summed E-state index contributed by atoms with van der Waals surface area (Å²) in [4.78, 5) is 10.4. The number of hydrogen-bond donors (Lipinski definition) is 3. The second-order valence-electron chi connectivity index (χ2n) is 6.48. The fraction of sp³-hybridized carbons (Fsp3) is 0.444. The zero-order valence-electron chi connectivity index (χ0n) is 15.3. The first-order valence-corrected chi connectivity index (χ1v) is 8.87. The number of aliphatic hydroxyl groups is 1. The van der Waals surface area contributed by atoms with Gasteiger partial charge < -0.3 is 25.4 Å². The van der Waals surface area contributed by atoms with Gasteiger partial charge in [0.05, 0.1) is 25.4 Å². The molecule has 0 spiro atoms. The highest BCUT2D eigenvalue weighted by Gasteiger charge is 2.30. The molecule has 2 aromatic heterocycles. The van der Waals surface area contributed by atoms with Crippen LogP contribution in [0.3, 0.4) is 0 Å². The van der Waals surface area contributed by atoms with E-state index >= 15 is 0 Å². The Labute approximate surface area is 160 Å². The standard InChI is InChI=1S/C18H22F3N5O2/c1-12(11-27)23-16-8-14(26-4-6-28-7-5-26)9-17(25-16)24-15-3-2-13(10-22-15)18(19,20)21/h2-3,8-10,12,27H,4-7,11H2,1H3,(H2,22,23,24,25)/t12-/m0/s1. The van der Waals surface area contributed by atoms with Gasteiger partial charge in [-0.1, -0.05) is 0 Å². The van der Waals surface area contributed by atoms with Crippen molar-refractivity contribution in [2.75, 3.05) is 48.4 Å². The molecule has 0 saturated carbocycles. The molecule has 3 N–H and O–H groups in total. The first-order valence-electron chi connectivity index (χ1n) is 8.87. The summed E-state index contributed by atoms with van der Waals surface area (Å²) < 4.78 is 43.5. The summed E-state index contributed by atoms with van der Waals surface area (Å²) in [7, 11) is 0. The lowest BCUT2D eigenvalue weighted by molar-refractivity contribution is -0.137. The normalized spacial score (nSPS) is 16.0. The molecule has 0 unspecified atom stereocenters. The Morgan fingerprint density at radius 2 is 1.89 bits per heavy atom. The number of alkyl halides is 3. The molecule has 1 saturated heterocycles. The van der Waals surface area contributed by atoms with E-state index in [-0.39, 0.29) is 18.5 Å². The molecule has 0 bridgehead atoms. The number of nitrogens with one attached hydrogen (secondary N) is 2. The molecule has 2 aromatic rings. The van der Waals surface area contributed by atoms with Gasteiger partial charge in [0.15, 0.2) is 0 Å². The Morgan fingerprint density at radius 1 is 1.18 bits per heavy atom. The fourth-order valence-electron chi connectivity index (χ4n) is 2.72. The Hall–Kier alpha value is -2.59. The third kappa shape index (κ3) is 5.23. The van der Waals surface area contributed by atoms with Crippen molar-refractivity contribution in [1.29, 1.82) is 0 Å². The van der Waals surface area contributed by atoms with E-state index in [0.717, 1.165) is 31.0 Å². The Kier molecular flexibility index (Phi) is 6.20. The van der Waals surface area contributed by atoms with Crippen molar-refractivity contribution in [3.63, 3.8) is 0 Å². The molecule has 0 radical (unpaired) electrons. The number of aromatic nitrogens is 2. The van der Waals surface area contributed by atoms with E-state index in [9.17, 15) is 18.3 Å². The second kappa shape index (κ2) is 8.61. The molecular formula is C18H22F3N5O2. The quantitative estimate of drug-likeness (QED) is 0.691. The van der Waals surface area contributed by atoms with E-state index in [4.69, 9.17) is 4.74 Å². The van der Waals surface area contributed by atoms with Gasteiger partial charge in [-0.25, -0.2) is 9.97 Å². The van der Waals surface area contributed by atoms with Crippen molar-refractivity contribution in [3.8, 4) is 0 Å². The summed E-state index contributed by atoms with van der Waals surface area (Å²) in [5.74, 6) is 1.23. The van der Waals surface area contributed by atoms with Crippen LogP contribution in [0.15, 0.2) is 30.5 Å². The highest BCUT2D eigenvalue weighted by Crippen LogP contribution is 2.30. The highest BCUT2D eigenvalue weighted by molar-refractivity contribution is 5.65. The fourth-order valence-corrected chi connectivity index (χ4v) is 2.72. The van der Waals surface area contributed by atoms with Gasteiger partial charge in [0.25, 0.3) is 0 Å². The lowest BCUT2D eigenvalue weighted by Gasteiger charge is -2.29. The molecule has 10 heteroatoms. The maximum Gasteiger partial charge on any atom is 0.417 e. The van der Waals surface area contributed by atoms with Crippen LogP contribution in [0.4, 0.5) is 36.3 Å². The average molecular weight is 397 g/mol. The van der Waals surface area contributed by atoms with Crippen LogP contribution in [0.5, 0.6) is 0 Å². The first kappa shape index (κ1) is 20.2. The van der Waals surface area contributed by atoms with Crippen molar-refractivity contribution < 1.29 is 23.0 Å². The molecule has 7 nitrogen and oxygen atoms in total. The van der Waals surface area contributed by atoms with E-state index in [1.807, 2.05) is 13.0 Å². The number of pyridine rings is 2. The smallest absolute Gasteiger partial charge is 0.394 e. The molecular weight excluding hydrogens is 375 g/mol. The van der Waals surface area contributed by atoms with E-state index < -0.39 is 11.7 Å². The number of rotatable bonds is 6. The van der Waals surface area contributed by atoms with E-state index in [1.54, 1.807) is 6.07 Å². The summed E-state index contributed by atoms with van der Waals surface area (Å²) in [6.07, 6.45) is -3.65. The SMILES string of the molecule is C[C@@H](CO)Nc1cc(N2CCOCC2)cc(Nc2ccc(C(F)(F)F)cn2)n1. The summed E-state index contributed by atoms with van der Waals surface area (Å²) in [5.41, 5.74) is 0.0764. The first-order chi connectivity index (χ1) is 13.3. The van der Waals surface area contributed by atoms with Crippen LogP contribution < -0.4 is 15.5 Å². The zero-order valence-corrected chi connectivity index (χ0v) is 15.3. The molecule has 1 atom stereocenters. The molecule has 152 valence electrons. The topological polar surface area (TPSA) is 82.5 Å². The average Bonchev–Trinajstić information content (AvgIpc) is 2.68. The highest BCUT2D eigenvalue weighted by atomic mass is 19.4. The second-order valence-corrected chi connectivity index (χ2v) is 6.48.